The maximum atomic E-state index is 11.8. The van der Waals surface area contributed by atoms with Gasteiger partial charge in [-0.1, -0.05) is 13.8 Å². The van der Waals surface area contributed by atoms with Crippen molar-refractivity contribution in [3.8, 4) is 0 Å². The first-order valence-corrected chi connectivity index (χ1v) is 6.72. The summed E-state index contributed by atoms with van der Waals surface area (Å²) >= 11 is 3.14. The van der Waals surface area contributed by atoms with Crippen LogP contribution in [0.1, 0.15) is 35.8 Å². The number of carbonyl (C=O) groups excluding carboxylic acids is 1. The smallest absolute Gasteiger partial charge is 0.293 e. The van der Waals surface area contributed by atoms with Gasteiger partial charge in [0, 0.05) is 0 Å². The molecular weight excluding hydrogens is 312 g/mol. The SMILES string of the molecule is CCc1nnc(NC(=O)c2ccc(Br)o2)nc1CC. The molecule has 1 N–H and O–H groups in total. The zero-order valence-electron chi connectivity index (χ0n) is 10.6. The Morgan fingerprint density at radius 3 is 2.58 bits per heavy atom. The quantitative estimate of drug-likeness (QED) is 0.934. The van der Waals surface area contributed by atoms with Crippen molar-refractivity contribution >= 4 is 27.8 Å². The summed E-state index contributed by atoms with van der Waals surface area (Å²) in [6.07, 6.45) is 1.51. The van der Waals surface area contributed by atoms with E-state index in [0.717, 1.165) is 24.2 Å². The highest BCUT2D eigenvalue weighted by atomic mass is 79.9. The van der Waals surface area contributed by atoms with Gasteiger partial charge in [0.15, 0.2) is 10.4 Å². The number of hydrogen-bond acceptors (Lipinski definition) is 5. The molecule has 0 radical (unpaired) electrons. The minimum atomic E-state index is -0.404. The Morgan fingerprint density at radius 2 is 2.00 bits per heavy atom. The van der Waals surface area contributed by atoms with Crippen molar-refractivity contribution < 1.29 is 9.21 Å². The number of nitrogens with zero attached hydrogens (tertiary/aromatic N) is 3. The van der Waals surface area contributed by atoms with Crippen LogP contribution in [0.2, 0.25) is 0 Å². The normalized spacial score (nSPS) is 10.5. The molecule has 6 nitrogen and oxygen atoms in total. The summed E-state index contributed by atoms with van der Waals surface area (Å²) in [6, 6.07) is 3.21. The maximum absolute atomic E-state index is 11.8. The van der Waals surface area contributed by atoms with E-state index in [2.05, 4.69) is 36.4 Å². The van der Waals surface area contributed by atoms with Crippen LogP contribution in [-0.2, 0) is 12.8 Å². The number of aromatic nitrogens is 3. The van der Waals surface area contributed by atoms with Crippen LogP contribution in [0.25, 0.3) is 0 Å². The van der Waals surface area contributed by atoms with E-state index in [-0.39, 0.29) is 11.7 Å². The fraction of sp³-hybridized carbons (Fsp3) is 0.333. The number of aryl methyl sites for hydroxylation is 2. The van der Waals surface area contributed by atoms with Crippen LogP contribution in [0.15, 0.2) is 21.2 Å². The number of carbonyl (C=O) groups is 1. The van der Waals surface area contributed by atoms with Crippen LogP contribution in [0.3, 0.4) is 0 Å². The molecule has 7 heteroatoms. The zero-order valence-corrected chi connectivity index (χ0v) is 12.2. The molecule has 2 rings (SSSR count). The Hall–Kier alpha value is -1.76. The fourth-order valence-electron chi connectivity index (χ4n) is 1.59. The molecule has 0 saturated heterocycles. The minimum absolute atomic E-state index is 0.187. The highest BCUT2D eigenvalue weighted by Crippen LogP contribution is 2.15. The van der Waals surface area contributed by atoms with E-state index in [1.165, 1.54) is 0 Å². The molecule has 100 valence electrons. The molecule has 2 aromatic rings. The lowest BCUT2D eigenvalue weighted by molar-refractivity contribution is 0.0994. The van der Waals surface area contributed by atoms with Gasteiger partial charge in [-0.15, -0.1) is 10.2 Å². The van der Waals surface area contributed by atoms with E-state index in [1.54, 1.807) is 12.1 Å². The van der Waals surface area contributed by atoms with Gasteiger partial charge in [0.2, 0.25) is 5.95 Å². The Bertz CT molecular complexity index is 597. The van der Waals surface area contributed by atoms with Crippen molar-refractivity contribution in [3.63, 3.8) is 0 Å². The van der Waals surface area contributed by atoms with E-state index in [9.17, 15) is 4.79 Å². The largest absolute Gasteiger partial charge is 0.444 e. The molecule has 0 aliphatic heterocycles. The van der Waals surface area contributed by atoms with E-state index in [1.807, 2.05) is 13.8 Å². The van der Waals surface area contributed by atoms with E-state index in [4.69, 9.17) is 4.42 Å². The summed E-state index contributed by atoms with van der Waals surface area (Å²) in [4.78, 5) is 16.1. The number of nitrogens with one attached hydrogen (secondary N) is 1. The molecule has 0 saturated carbocycles. The molecular formula is C12H13BrN4O2. The zero-order chi connectivity index (χ0) is 13.8. The third kappa shape index (κ3) is 3.17. The van der Waals surface area contributed by atoms with E-state index in [0.29, 0.717) is 4.67 Å². The molecule has 1 amide bonds. The molecule has 0 fully saturated rings. The molecule has 0 aliphatic rings. The monoisotopic (exact) mass is 324 g/mol. The van der Waals surface area contributed by atoms with Crippen molar-refractivity contribution in [2.75, 3.05) is 5.32 Å². The van der Waals surface area contributed by atoms with Crippen LogP contribution in [-0.4, -0.2) is 21.1 Å². The highest BCUT2D eigenvalue weighted by Gasteiger charge is 2.13. The van der Waals surface area contributed by atoms with Gasteiger partial charge in [0.1, 0.15) is 0 Å². The van der Waals surface area contributed by atoms with Gasteiger partial charge < -0.3 is 4.42 Å². The van der Waals surface area contributed by atoms with Gasteiger partial charge in [0.25, 0.3) is 5.91 Å². The highest BCUT2D eigenvalue weighted by molar-refractivity contribution is 9.10. The first kappa shape index (κ1) is 13.7. The second kappa shape index (κ2) is 5.92. The summed E-state index contributed by atoms with van der Waals surface area (Å²) in [5.74, 6) is -0.0292. The van der Waals surface area contributed by atoms with Crippen LogP contribution >= 0.6 is 15.9 Å². The van der Waals surface area contributed by atoms with Crippen molar-refractivity contribution in [1.82, 2.24) is 15.2 Å². The van der Waals surface area contributed by atoms with Crippen LogP contribution in [0.4, 0.5) is 5.95 Å². The third-order valence-corrected chi connectivity index (χ3v) is 2.96. The number of hydrogen-bond donors (Lipinski definition) is 1. The van der Waals surface area contributed by atoms with Gasteiger partial charge >= 0.3 is 0 Å². The number of furan rings is 1. The van der Waals surface area contributed by atoms with Crippen molar-refractivity contribution in [2.45, 2.75) is 26.7 Å². The number of amides is 1. The maximum Gasteiger partial charge on any atom is 0.293 e. The Labute approximate surface area is 118 Å². The summed E-state index contributed by atoms with van der Waals surface area (Å²) in [7, 11) is 0. The second-order valence-electron chi connectivity index (χ2n) is 3.79. The molecule has 19 heavy (non-hydrogen) atoms. The molecule has 0 bridgehead atoms. The van der Waals surface area contributed by atoms with E-state index >= 15 is 0 Å². The summed E-state index contributed by atoms with van der Waals surface area (Å²) in [6.45, 7) is 3.97. The number of rotatable bonds is 4. The summed E-state index contributed by atoms with van der Waals surface area (Å²) < 4.78 is 5.64. The Balaban J connectivity index is 2.17. The average molecular weight is 325 g/mol. The van der Waals surface area contributed by atoms with Crippen molar-refractivity contribution in [1.29, 1.82) is 0 Å². The Morgan fingerprint density at radius 1 is 1.26 bits per heavy atom. The van der Waals surface area contributed by atoms with Gasteiger partial charge in [-0.25, -0.2) is 4.98 Å². The lowest BCUT2D eigenvalue weighted by atomic mass is 10.2. The molecule has 2 heterocycles. The number of anilines is 1. The molecule has 0 atom stereocenters. The predicted octanol–water partition coefficient (Wildman–Crippen LogP) is 2.60. The summed E-state index contributed by atoms with van der Waals surface area (Å²) in [5.41, 5.74) is 1.69. The van der Waals surface area contributed by atoms with E-state index < -0.39 is 5.91 Å². The lowest BCUT2D eigenvalue weighted by Crippen LogP contribution is -2.15. The fourth-order valence-corrected chi connectivity index (χ4v) is 1.90. The predicted molar refractivity (Wildman–Crippen MR) is 72.9 cm³/mol. The average Bonchev–Trinajstić information content (AvgIpc) is 2.85. The standard InChI is InChI=1S/C12H13BrN4O2/c1-3-7-8(4-2)16-17-12(14-7)15-11(18)9-5-6-10(13)19-9/h5-6H,3-4H2,1-2H3,(H,14,15,17,18). The van der Waals surface area contributed by atoms with Gasteiger partial charge in [-0.05, 0) is 40.9 Å². The first-order chi connectivity index (χ1) is 9.13. The topological polar surface area (TPSA) is 80.9 Å². The Kier molecular flexibility index (Phi) is 4.26. The molecule has 0 aliphatic carbocycles. The van der Waals surface area contributed by atoms with Crippen LogP contribution < -0.4 is 5.32 Å². The van der Waals surface area contributed by atoms with Crippen LogP contribution in [0, 0.1) is 0 Å². The van der Waals surface area contributed by atoms with Crippen molar-refractivity contribution in [2.24, 2.45) is 0 Å². The minimum Gasteiger partial charge on any atom is -0.444 e. The molecule has 0 spiro atoms. The molecule has 2 aromatic heterocycles. The molecule has 0 aromatic carbocycles. The van der Waals surface area contributed by atoms with Gasteiger partial charge in [-0.3, -0.25) is 10.1 Å². The first-order valence-electron chi connectivity index (χ1n) is 5.93. The third-order valence-electron chi connectivity index (χ3n) is 2.53. The lowest BCUT2D eigenvalue weighted by Gasteiger charge is -2.05. The van der Waals surface area contributed by atoms with Crippen LogP contribution in [0.5, 0.6) is 0 Å². The van der Waals surface area contributed by atoms with Gasteiger partial charge in [0.05, 0.1) is 11.4 Å². The number of halogens is 1. The second-order valence-corrected chi connectivity index (χ2v) is 4.58. The van der Waals surface area contributed by atoms with Crippen molar-refractivity contribution in [3.05, 3.63) is 34.0 Å². The van der Waals surface area contributed by atoms with Gasteiger partial charge in [-0.2, -0.15) is 0 Å². The summed E-state index contributed by atoms with van der Waals surface area (Å²) in [5, 5.41) is 10.5. The molecule has 0 unspecified atom stereocenters.